The van der Waals surface area contributed by atoms with Gasteiger partial charge in [-0.2, -0.15) is 5.10 Å². The van der Waals surface area contributed by atoms with Crippen LogP contribution in [0.1, 0.15) is 29.9 Å². The predicted octanol–water partition coefficient (Wildman–Crippen LogP) is 3.11. The minimum atomic E-state index is -0.674. The molecule has 33 heavy (non-hydrogen) atoms. The summed E-state index contributed by atoms with van der Waals surface area (Å²) in [6, 6.07) is 14.2. The van der Waals surface area contributed by atoms with Crippen LogP contribution in [0.3, 0.4) is 0 Å². The second kappa shape index (κ2) is 9.15. The number of anilines is 2. The Morgan fingerprint density at radius 1 is 1.18 bits per heavy atom. The second-order valence-electron chi connectivity index (χ2n) is 7.53. The molecule has 1 aliphatic rings. The number of carbonyl (C=O) groups is 3. The van der Waals surface area contributed by atoms with Gasteiger partial charge in [-0.3, -0.25) is 14.5 Å². The van der Waals surface area contributed by atoms with Crippen molar-refractivity contribution in [2.24, 2.45) is 0 Å². The number of ether oxygens (including phenoxy) is 2. The molecule has 0 unspecified atom stereocenters. The van der Waals surface area contributed by atoms with Crippen molar-refractivity contribution in [1.29, 1.82) is 0 Å². The number of carbonyl (C=O) groups excluding carboxylic acids is 3. The highest BCUT2D eigenvalue weighted by atomic mass is 16.5. The summed E-state index contributed by atoms with van der Waals surface area (Å²) < 4.78 is 12.3. The van der Waals surface area contributed by atoms with Crippen molar-refractivity contribution < 1.29 is 23.9 Å². The maximum Gasteiger partial charge on any atom is 0.341 e. The van der Waals surface area contributed by atoms with Crippen molar-refractivity contribution in [3.63, 3.8) is 0 Å². The molecule has 1 aromatic heterocycles. The molecule has 2 amide bonds. The van der Waals surface area contributed by atoms with Gasteiger partial charge in [-0.25, -0.2) is 9.48 Å². The summed E-state index contributed by atoms with van der Waals surface area (Å²) in [5, 5.41) is 7.11. The summed E-state index contributed by atoms with van der Waals surface area (Å²) >= 11 is 0. The molecular weight excluding hydrogens is 424 g/mol. The van der Waals surface area contributed by atoms with Crippen molar-refractivity contribution in [2.75, 3.05) is 23.4 Å². The Morgan fingerprint density at radius 3 is 2.76 bits per heavy atom. The minimum Gasteiger partial charge on any atom is -0.479 e. The van der Waals surface area contributed by atoms with Crippen LogP contribution in [0.4, 0.5) is 11.4 Å². The normalized spacial score (nSPS) is 14.9. The average Bonchev–Trinajstić information content (AvgIpc) is 3.18. The van der Waals surface area contributed by atoms with Gasteiger partial charge < -0.3 is 14.8 Å². The molecule has 0 saturated heterocycles. The maximum atomic E-state index is 12.8. The first-order valence-electron chi connectivity index (χ1n) is 10.6. The monoisotopic (exact) mass is 448 g/mol. The number of aromatic nitrogens is 2. The number of nitrogens with zero attached hydrogens (tertiary/aromatic N) is 3. The Labute approximate surface area is 190 Å². The summed E-state index contributed by atoms with van der Waals surface area (Å²) in [6.07, 6.45) is 0.786. The molecule has 2 heterocycles. The van der Waals surface area contributed by atoms with Crippen LogP contribution in [0.25, 0.3) is 5.69 Å². The van der Waals surface area contributed by atoms with Crippen LogP contribution < -0.4 is 15.0 Å². The molecule has 0 fully saturated rings. The molecule has 1 aliphatic heterocycles. The number of nitrogens with one attached hydrogen (secondary N) is 1. The molecular formula is C24H24N4O5. The molecule has 0 aliphatic carbocycles. The molecule has 0 radical (unpaired) electrons. The van der Waals surface area contributed by atoms with Crippen molar-refractivity contribution in [2.45, 2.75) is 26.9 Å². The van der Waals surface area contributed by atoms with Gasteiger partial charge in [-0.1, -0.05) is 18.2 Å². The van der Waals surface area contributed by atoms with Crippen LogP contribution in [-0.2, 0) is 14.3 Å². The summed E-state index contributed by atoms with van der Waals surface area (Å²) in [5.74, 6) is -0.508. The number of rotatable bonds is 6. The Kier molecular flexibility index (Phi) is 6.12. The largest absolute Gasteiger partial charge is 0.479 e. The van der Waals surface area contributed by atoms with E-state index in [1.165, 1.54) is 11.1 Å². The lowest BCUT2D eigenvalue weighted by atomic mass is 10.2. The number of esters is 1. The fraction of sp³-hybridized carbons (Fsp3) is 0.250. The van der Waals surface area contributed by atoms with Crippen molar-refractivity contribution in [3.05, 3.63) is 66.0 Å². The molecule has 2 aromatic carbocycles. The molecule has 1 atom stereocenters. The van der Waals surface area contributed by atoms with Crippen molar-refractivity contribution in [1.82, 2.24) is 9.78 Å². The smallest absolute Gasteiger partial charge is 0.341 e. The molecule has 9 nitrogen and oxygen atoms in total. The van der Waals surface area contributed by atoms with E-state index >= 15 is 0 Å². The molecule has 3 aromatic rings. The topological polar surface area (TPSA) is 103 Å². The average molecular weight is 448 g/mol. The molecule has 9 heteroatoms. The Hall–Kier alpha value is -4.14. The van der Waals surface area contributed by atoms with E-state index in [4.69, 9.17) is 9.47 Å². The van der Waals surface area contributed by atoms with Crippen LogP contribution >= 0.6 is 0 Å². The zero-order valence-electron chi connectivity index (χ0n) is 18.6. The number of hydrogen-bond donors (Lipinski definition) is 1. The predicted molar refractivity (Wildman–Crippen MR) is 122 cm³/mol. The first-order chi connectivity index (χ1) is 15.9. The molecule has 1 N–H and O–H groups in total. The second-order valence-corrected chi connectivity index (χ2v) is 7.53. The number of fused-ring (bicyclic) bond motifs is 1. The molecule has 170 valence electrons. The zero-order chi connectivity index (χ0) is 23.5. The highest BCUT2D eigenvalue weighted by molar-refractivity contribution is 6.06. The fourth-order valence-corrected chi connectivity index (χ4v) is 3.66. The van der Waals surface area contributed by atoms with E-state index in [1.807, 2.05) is 12.1 Å². The third-order valence-corrected chi connectivity index (χ3v) is 5.25. The molecule has 4 rings (SSSR count). The Bertz CT molecular complexity index is 1220. The van der Waals surface area contributed by atoms with E-state index in [0.29, 0.717) is 34.1 Å². The Balaban J connectivity index is 1.51. The summed E-state index contributed by atoms with van der Waals surface area (Å²) in [4.78, 5) is 38.9. The van der Waals surface area contributed by atoms with Gasteiger partial charge in [0.25, 0.3) is 5.91 Å². The van der Waals surface area contributed by atoms with E-state index in [1.54, 1.807) is 61.9 Å². The zero-order valence-corrected chi connectivity index (χ0v) is 18.6. The maximum absolute atomic E-state index is 12.8. The first-order valence-corrected chi connectivity index (χ1v) is 10.6. The van der Waals surface area contributed by atoms with Gasteiger partial charge in [0.05, 0.1) is 29.9 Å². The van der Waals surface area contributed by atoms with E-state index in [2.05, 4.69) is 10.4 Å². The van der Waals surface area contributed by atoms with E-state index in [9.17, 15) is 14.4 Å². The summed E-state index contributed by atoms with van der Waals surface area (Å²) in [7, 11) is 0. The van der Waals surface area contributed by atoms with Gasteiger partial charge in [0.1, 0.15) is 17.9 Å². The summed E-state index contributed by atoms with van der Waals surface area (Å²) in [5.41, 5.74) is 2.77. The third-order valence-electron chi connectivity index (χ3n) is 5.25. The fourth-order valence-electron chi connectivity index (χ4n) is 3.66. The van der Waals surface area contributed by atoms with Crippen molar-refractivity contribution in [3.8, 4) is 11.4 Å². The van der Waals surface area contributed by atoms with Crippen LogP contribution in [0.15, 0.2) is 54.7 Å². The van der Waals surface area contributed by atoms with Crippen LogP contribution in [-0.4, -0.2) is 46.8 Å². The van der Waals surface area contributed by atoms with Gasteiger partial charge in [0.15, 0.2) is 6.10 Å². The SMILES string of the molecule is CCOC(=O)c1cnn(-c2cccc(NC(=O)CN3C(=O)[C@@H](C)Oc4ccccc43)c2)c1C. The van der Waals surface area contributed by atoms with Gasteiger partial charge in [0, 0.05) is 5.69 Å². The first kappa shape index (κ1) is 22.1. The van der Waals surface area contributed by atoms with Crippen LogP contribution in [0.2, 0.25) is 0 Å². The highest BCUT2D eigenvalue weighted by Crippen LogP contribution is 2.33. The molecule has 0 spiro atoms. The molecule has 0 saturated carbocycles. The Morgan fingerprint density at radius 2 is 1.97 bits per heavy atom. The number of hydrogen-bond acceptors (Lipinski definition) is 6. The van der Waals surface area contributed by atoms with Gasteiger partial charge in [-0.05, 0) is 51.1 Å². The van der Waals surface area contributed by atoms with Crippen molar-refractivity contribution >= 4 is 29.2 Å². The lowest BCUT2D eigenvalue weighted by molar-refractivity contribution is -0.127. The quantitative estimate of drug-likeness (QED) is 0.582. The highest BCUT2D eigenvalue weighted by Gasteiger charge is 2.32. The van der Waals surface area contributed by atoms with Gasteiger partial charge >= 0.3 is 5.97 Å². The third kappa shape index (κ3) is 4.43. The number of benzene rings is 2. The standard InChI is InChI=1S/C24H24N4O5/c1-4-32-24(31)19-13-25-28(15(19)2)18-9-7-8-17(12-18)26-22(29)14-27-20-10-5-6-11-21(20)33-16(3)23(27)30/h5-13,16H,4,14H2,1-3H3,(H,26,29)/t16-/m1/s1. The lowest BCUT2D eigenvalue weighted by Gasteiger charge is -2.32. The van der Waals surface area contributed by atoms with E-state index in [-0.39, 0.29) is 25.0 Å². The minimum absolute atomic E-state index is 0.151. The summed E-state index contributed by atoms with van der Waals surface area (Å²) in [6.45, 7) is 5.30. The van der Waals surface area contributed by atoms with E-state index in [0.717, 1.165) is 0 Å². The number of amides is 2. The van der Waals surface area contributed by atoms with Gasteiger partial charge in [-0.15, -0.1) is 0 Å². The lowest BCUT2D eigenvalue weighted by Crippen LogP contribution is -2.47. The van der Waals surface area contributed by atoms with E-state index < -0.39 is 12.1 Å². The van der Waals surface area contributed by atoms with Gasteiger partial charge in [0.2, 0.25) is 5.91 Å². The number of para-hydroxylation sites is 2. The van der Waals surface area contributed by atoms with Crippen LogP contribution in [0.5, 0.6) is 5.75 Å². The van der Waals surface area contributed by atoms with Crippen LogP contribution in [0, 0.1) is 6.92 Å². The molecule has 0 bridgehead atoms.